The molecule has 2 heterocycles. The fourth-order valence-corrected chi connectivity index (χ4v) is 5.22. The summed E-state index contributed by atoms with van der Waals surface area (Å²) in [5.41, 5.74) is 4.17. The molecule has 0 radical (unpaired) electrons. The number of alkyl halides is 1. The van der Waals surface area contributed by atoms with Crippen molar-refractivity contribution in [3.05, 3.63) is 22.7 Å². The number of anilines is 1. The number of nitrogens with two attached hydrogens (primary N) is 1. The molecule has 21 heteroatoms. The quantitative estimate of drug-likeness (QED) is 0.191. The van der Waals surface area contributed by atoms with E-state index >= 15 is 0 Å². The maximum atomic E-state index is 14.8. The summed E-state index contributed by atoms with van der Waals surface area (Å²) in [4.78, 5) is 50.3. The lowest BCUT2D eigenvalue weighted by molar-refractivity contribution is -0.204. The Balaban J connectivity index is 2.14. The molecule has 172 valence electrons. The molecule has 30 heavy (non-hydrogen) atoms. The number of hydrogen-bond acceptors (Lipinski definition) is 12. The number of nitrogens with zero attached hydrogens (tertiary/aromatic N) is 2. The fourth-order valence-electron chi connectivity index (χ4n) is 2.18. The summed E-state index contributed by atoms with van der Waals surface area (Å²) in [5.74, 6) is -3.68. The van der Waals surface area contributed by atoms with Crippen LogP contribution < -0.4 is 11.4 Å². The molecule has 1 aliphatic rings. The van der Waals surface area contributed by atoms with E-state index in [1.807, 2.05) is 0 Å². The zero-order valence-corrected chi connectivity index (χ0v) is 16.9. The first-order valence-corrected chi connectivity index (χ1v) is 11.8. The van der Waals surface area contributed by atoms with Gasteiger partial charge in [-0.15, -0.1) is 0 Å². The van der Waals surface area contributed by atoms with E-state index in [1.54, 1.807) is 0 Å². The molecule has 8 N–H and O–H groups in total. The predicted octanol–water partition coefficient (Wildman–Crippen LogP) is -1.91. The van der Waals surface area contributed by atoms with Gasteiger partial charge in [-0.3, -0.25) is 9.09 Å². The minimum Gasteiger partial charge on any atom is -0.385 e. The van der Waals surface area contributed by atoms with Crippen LogP contribution in [-0.4, -0.2) is 64.0 Å². The van der Waals surface area contributed by atoms with Crippen molar-refractivity contribution in [3.8, 4) is 0 Å². The van der Waals surface area contributed by atoms with E-state index in [0.29, 0.717) is 4.57 Å². The van der Waals surface area contributed by atoms with Gasteiger partial charge in [-0.25, -0.2) is 22.9 Å². The number of halogens is 1. The van der Waals surface area contributed by atoms with Crippen LogP contribution in [0.3, 0.4) is 0 Å². The molecule has 3 unspecified atom stereocenters. The standard InChI is InChI=1S/C9H15FN3O14P3/c10-9(3-24-29(20,21)27-30(22,23)26-28(17,18)19)6(15)5(14)7(25-9)13-2-1-4(11)12-8(13)16/h1-2,5-7,14-15H,3H2,(H,20,21)(H,22,23)(H2,11,12,16)(H2,17,18,19)/t5-,6+,7?,9-/m1/s1. The molecule has 0 aliphatic carbocycles. The minimum atomic E-state index is -5.86. The average Bonchev–Trinajstić information content (AvgIpc) is 2.75. The summed E-state index contributed by atoms with van der Waals surface area (Å²) in [6.07, 6.45) is -5.55. The highest BCUT2D eigenvalue weighted by Crippen LogP contribution is 2.66. The van der Waals surface area contributed by atoms with Crippen molar-refractivity contribution in [2.45, 2.75) is 24.3 Å². The molecule has 1 aliphatic heterocycles. The maximum absolute atomic E-state index is 14.8. The maximum Gasteiger partial charge on any atom is 0.490 e. The average molecular weight is 501 g/mol. The van der Waals surface area contributed by atoms with Gasteiger partial charge in [0.05, 0.1) is 0 Å². The molecule has 17 nitrogen and oxygen atoms in total. The highest BCUT2D eigenvalue weighted by Gasteiger charge is 2.57. The van der Waals surface area contributed by atoms with Crippen molar-refractivity contribution in [1.29, 1.82) is 0 Å². The Bertz CT molecular complexity index is 998. The SMILES string of the molecule is Nc1ccn(C2O[C@](F)(COP(=O)(O)OP(=O)(O)OP(=O)(O)O)[C@@H](O)[C@H]2O)c(=O)n1. The van der Waals surface area contributed by atoms with E-state index in [1.165, 1.54) is 0 Å². The number of phosphoric ester groups is 1. The molecule has 0 saturated carbocycles. The summed E-state index contributed by atoms with van der Waals surface area (Å²) in [5, 5.41) is 19.8. The second kappa shape index (κ2) is 8.44. The zero-order valence-electron chi connectivity index (χ0n) is 14.2. The second-order valence-electron chi connectivity index (χ2n) is 5.64. The van der Waals surface area contributed by atoms with Gasteiger partial charge in [0.15, 0.2) is 6.23 Å². The van der Waals surface area contributed by atoms with Gasteiger partial charge in [-0.2, -0.15) is 13.6 Å². The van der Waals surface area contributed by atoms with E-state index in [2.05, 4.69) is 18.1 Å². The fraction of sp³-hybridized carbons (Fsp3) is 0.556. The van der Waals surface area contributed by atoms with Crippen LogP contribution in [0.2, 0.25) is 0 Å². The van der Waals surface area contributed by atoms with E-state index in [9.17, 15) is 38.0 Å². The van der Waals surface area contributed by atoms with Gasteiger partial charge in [0, 0.05) is 6.20 Å². The Morgan fingerprint density at radius 3 is 2.33 bits per heavy atom. The summed E-state index contributed by atoms with van der Waals surface area (Å²) in [6.45, 7) is -1.72. The number of phosphoric acid groups is 3. The third kappa shape index (κ3) is 6.21. The number of hydrogen-bond donors (Lipinski definition) is 7. The first kappa shape index (κ1) is 25.2. The van der Waals surface area contributed by atoms with Crippen molar-refractivity contribution < 1.29 is 65.8 Å². The van der Waals surface area contributed by atoms with Gasteiger partial charge in [0.1, 0.15) is 24.6 Å². The molecule has 0 amide bonds. The van der Waals surface area contributed by atoms with E-state index < -0.39 is 60.1 Å². The molecule has 0 aromatic carbocycles. The largest absolute Gasteiger partial charge is 0.490 e. The molecular formula is C9H15FN3O14P3. The van der Waals surface area contributed by atoms with Gasteiger partial charge in [0.25, 0.3) is 5.85 Å². The third-order valence-corrected chi connectivity index (χ3v) is 7.12. The van der Waals surface area contributed by atoms with Crippen molar-refractivity contribution in [2.24, 2.45) is 0 Å². The number of ether oxygens (including phenoxy) is 1. The monoisotopic (exact) mass is 501 g/mol. The topological polar surface area (TPSA) is 270 Å². The van der Waals surface area contributed by atoms with Crippen molar-refractivity contribution in [1.82, 2.24) is 9.55 Å². The summed E-state index contributed by atoms with van der Waals surface area (Å²) < 4.78 is 64.4. The van der Waals surface area contributed by atoms with Gasteiger partial charge in [-0.1, -0.05) is 0 Å². The molecule has 0 bridgehead atoms. The van der Waals surface area contributed by atoms with Crippen LogP contribution in [0, 0.1) is 0 Å². The lowest BCUT2D eigenvalue weighted by Crippen LogP contribution is -2.43. The summed E-state index contributed by atoms with van der Waals surface area (Å²) >= 11 is 0. The third-order valence-electron chi connectivity index (χ3n) is 3.34. The van der Waals surface area contributed by atoms with Gasteiger partial charge < -0.3 is 40.3 Å². The van der Waals surface area contributed by atoms with Crippen LogP contribution in [0.1, 0.15) is 6.23 Å². The molecule has 1 saturated heterocycles. The molecule has 0 spiro atoms. The van der Waals surface area contributed by atoms with Gasteiger partial charge >= 0.3 is 29.2 Å². The smallest absolute Gasteiger partial charge is 0.385 e. The number of rotatable bonds is 8. The zero-order chi connectivity index (χ0) is 23.1. The van der Waals surface area contributed by atoms with Gasteiger partial charge in [0.2, 0.25) is 0 Å². The van der Waals surface area contributed by atoms with E-state index in [0.717, 1.165) is 12.3 Å². The molecule has 1 aromatic rings. The Kier molecular flexibility index (Phi) is 7.08. The van der Waals surface area contributed by atoms with Gasteiger partial charge in [-0.05, 0) is 6.07 Å². The second-order valence-corrected chi connectivity index (χ2v) is 10.1. The Hall–Kier alpha value is -1.10. The Morgan fingerprint density at radius 2 is 1.80 bits per heavy atom. The lowest BCUT2D eigenvalue weighted by atomic mass is 10.1. The van der Waals surface area contributed by atoms with Crippen molar-refractivity contribution in [2.75, 3.05) is 12.3 Å². The highest BCUT2D eigenvalue weighted by atomic mass is 31.3. The molecule has 2 rings (SSSR count). The van der Waals surface area contributed by atoms with Crippen LogP contribution >= 0.6 is 23.5 Å². The van der Waals surface area contributed by atoms with E-state index in [4.69, 9.17) is 25.2 Å². The molecule has 1 fully saturated rings. The van der Waals surface area contributed by atoms with Crippen LogP contribution in [0.15, 0.2) is 17.1 Å². The molecule has 1 aromatic heterocycles. The predicted molar refractivity (Wildman–Crippen MR) is 88.7 cm³/mol. The Morgan fingerprint density at radius 1 is 1.20 bits per heavy atom. The first-order valence-electron chi connectivity index (χ1n) is 7.31. The first-order chi connectivity index (χ1) is 13.4. The van der Waals surface area contributed by atoms with Crippen molar-refractivity contribution >= 4 is 29.3 Å². The Labute approximate surface area is 164 Å². The number of aliphatic hydroxyl groups excluding tert-OH is 2. The normalized spacial score (nSPS) is 31.2. The highest BCUT2D eigenvalue weighted by molar-refractivity contribution is 7.66. The van der Waals surface area contributed by atoms with Crippen LogP contribution in [-0.2, 0) is 31.6 Å². The number of aromatic nitrogens is 2. The van der Waals surface area contributed by atoms with Crippen LogP contribution in [0.25, 0.3) is 0 Å². The lowest BCUT2D eigenvalue weighted by Gasteiger charge is -2.24. The molecular weight excluding hydrogens is 486 g/mol. The van der Waals surface area contributed by atoms with Crippen LogP contribution in [0.4, 0.5) is 10.2 Å². The van der Waals surface area contributed by atoms with Crippen molar-refractivity contribution in [3.63, 3.8) is 0 Å². The molecule has 6 atom stereocenters. The van der Waals surface area contributed by atoms with Crippen LogP contribution in [0.5, 0.6) is 0 Å². The number of aliphatic hydroxyl groups is 2. The summed E-state index contributed by atoms with van der Waals surface area (Å²) in [6, 6.07) is 1.08. The summed E-state index contributed by atoms with van der Waals surface area (Å²) in [7, 11) is -17.2. The van der Waals surface area contributed by atoms with E-state index in [-0.39, 0.29) is 5.82 Å². The number of nitrogen functional groups attached to an aromatic ring is 1. The minimum absolute atomic E-state index is 0.219.